The van der Waals surface area contributed by atoms with E-state index < -0.39 is 11.7 Å². The average Bonchev–Trinajstić information content (AvgIpc) is 3.09. The van der Waals surface area contributed by atoms with E-state index in [0.717, 1.165) is 32.0 Å². The van der Waals surface area contributed by atoms with Gasteiger partial charge in [-0.3, -0.25) is 5.10 Å². The number of likely N-dealkylation sites (tertiary alicyclic amines) is 1. The second-order valence-corrected chi connectivity index (χ2v) is 7.10. The summed E-state index contributed by atoms with van der Waals surface area (Å²) >= 11 is 0. The topological polar surface area (TPSA) is 66.9 Å². The highest BCUT2D eigenvalue weighted by Gasteiger charge is 2.36. The number of rotatable bonds is 4. The number of nitrogens with zero attached hydrogens (tertiary/aromatic N) is 4. The van der Waals surface area contributed by atoms with Crippen molar-refractivity contribution in [2.75, 3.05) is 26.7 Å². The first-order valence-corrected chi connectivity index (χ1v) is 9.11. The van der Waals surface area contributed by atoms with Crippen molar-refractivity contribution in [2.45, 2.75) is 19.0 Å². The van der Waals surface area contributed by atoms with Gasteiger partial charge >= 0.3 is 6.18 Å². The Morgan fingerprint density at radius 3 is 2.96 bits per heavy atom. The molecule has 0 amide bonds. The van der Waals surface area contributed by atoms with Crippen LogP contribution in [-0.2, 0) is 6.18 Å². The highest BCUT2D eigenvalue weighted by molar-refractivity contribution is 5.90. The van der Waals surface area contributed by atoms with Crippen LogP contribution in [0.25, 0.3) is 22.4 Å². The number of hydrogen-bond donors (Lipinski definition) is 1. The van der Waals surface area contributed by atoms with E-state index in [1.54, 1.807) is 12.1 Å². The molecule has 6 nitrogen and oxygen atoms in total. The summed E-state index contributed by atoms with van der Waals surface area (Å²) in [6.07, 6.45) is -0.892. The van der Waals surface area contributed by atoms with E-state index in [1.165, 1.54) is 12.3 Å². The number of nitrogens with one attached hydrogen (secondary N) is 1. The standard InChI is InChI=1S/C19H20F3N5O.H2/c1-27-9-3-4-12(10-27)11-28-15-7-6-14(19(20,21)22)17(24-15)16-13-5-2-8-23-18(13)26-25-16;/h2,5-8,12H,3-4,9-11H2,1H3,(H,23,25,26);1H. The molecule has 0 aromatic carbocycles. The minimum absolute atomic E-state index is 0. The summed E-state index contributed by atoms with van der Waals surface area (Å²) in [6.45, 7) is 2.39. The van der Waals surface area contributed by atoms with Gasteiger partial charge in [0.2, 0.25) is 5.88 Å². The first kappa shape index (κ1) is 18.7. The Hall–Kier alpha value is -2.68. The molecule has 0 spiro atoms. The smallest absolute Gasteiger partial charge is 0.418 e. The maximum atomic E-state index is 13.6. The fourth-order valence-electron chi connectivity index (χ4n) is 3.58. The van der Waals surface area contributed by atoms with E-state index in [2.05, 4.69) is 32.1 Å². The summed E-state index contributed by atoms with van der Waals surface area (Å²) in [5.74, 6) is 0.506. The number of halogens is 3. The molecule has 150 valence electrons. The van der Waals surface area contributed by atoms with E-state index in [4.69, 9.17) is 4.74 Å². The summed E-state index contributed by atoms with van der Waals surface area (Å²) < 4.78 is 46.4. The molecule has 9 heteroatoms. The molecule has 0 bridgehead atoms. The van der Waals surface area contributed by atoms with Crippen LogP contribution in [0.2, 0.25) is 0 Å². The number of ether oxygens (including phenoxy) is 1. The molecule has 4 rings (SSSR count). The Morgan fingerprint density at radius 2 is 2.18 bits per heavy atom. The third-order valence-electron chi connectivity index (χ3n) is 4.93. The molecule has 1 atom stereocenters. The molecule has 1 N–H and O–H groups in total. The molecule has 1 aliphatic heterocycles. The summed E-state index contributed by atoms with van der Waals surface area (Å²) in [7, 11) is 2.05. The number of aromatic nitrogens is 4. The first-order valence-electron chi connectivity index (χ1n) is 9.11. The number of H-pyrrole nitrogens is 1. The second kappa shape index (κ2) is 7.38. The summed E-state index contributed by atoms with van der Waals surface area (Å²) in [5.41, 5.74) is -0.560. The lowest BCUT2D eigenvalue weighted by atomic mass is 10.00. The Morgan fingerprint density at radius 1 is 1.32 bits per heavy atom. The van der Waals surface area contributed by atoms with Crippen LogP contribution in [0.1, 0.15) is 19.8 Å². The van der Waals surface area contributed by atoms with Crippen molar-refractivity contribution < 1.29 is 19.3 Å². The van der Waals surface area contributed by atoms with Gasteiger partial charge in [-0.05, 0) is 44.6 Å². The zero-order chi connectivity index (χ0) is 19.7. The molecule has 1 aliphatic rings. The minimum Gasteiger partial charge on any atom is -0.477 e. The van der Waals surface area contributed by atoms with Gasteiger partial charge in [-0.2, -0.15) is 18.3 Å². The number of pyridine rings is 2. The molecule has 0 radical (unpaired) electrons. The van der Waals surface area contributed by atoms with Crippen LogP contribution < -0.4 is 4.74 Å². The van der Waals surface area contributed by atoms with E-state index in [1.807, 2.05) is 0 Å². The zero-order valence-corrected chi connectivity index (χ0v) is 15.3. The quantitative estimate of drug-likeness (QED) is 0.726. The first-order chi connectivity index (χ1) is 13.4. The van der Waals surface area contributed by atoms with Crippen molar-refractivity contribution >= 4 is 11.0 Å². The van der Waals surface area contributed by atoms with Crippen LogP contribution in [0.5, 0.6) is 5.88 Å². The third-order valence-corrected chi connectivity index (χ3v) is 4.93. The van der Waals surface area contributed by atoms with Crippen LogP contribution >= 0.6 is 0 Å². The molecule has 1 fully saturated rings. The normalized spacial score (nSPS) is 18.5. The fraction of sp³-hybridized carbons (Fsp3) is 0.421. The van der Waals surface area contributed by atoms with Gasteiger partial charge in [-0.15, -0.1) is 0 Å². The van der Waals surface area contributed by atoms with Gasteiger partial charge in [0, 0.05) is 31.5 Å². The van der Waals surface area contributed by atoms with Crippen molar-refractivity contribution in [3.8, 4) is 17.3 Å². The number of alkyl halides is 3. The minimum atomic E-state index is -4.55. The number of hydrogen-bond acceptors (Lipinski definition) is 5. The largest absolute Gasteiger partial charge is 0.477 e. The molecule has 1 unspecified atom stereocenters. The Labute approximate surface area is 161 Å². The Balaban J connectivity index is 0.00000240. The van der Waals surface area contributed by atoms with E-state index in [-0.39, 0.29) is 18.7 Å². The monoisotopic (exact) mass is 393 g/mol. The van der Waals surface area contributed by atoms with Gasteiger partial charge in [-0.25, -0.2) is 9.97 Å². The summed E-state index contributed by atoms with van der Waals surface area (Å²) in [4.78, 5) is 10.5. The molecule has 1 saturated heterocycles. The van der Waals surface area contributed by atoms with Crippen molar-refractivity contribution in [2.24, 2.45) is 5.92 Å². The zero-order valence-electron chi connectivity index (χ0n) is 15.3. The van der Waals surface area contributed by atoms with Gasteiger partial charge < -0.3 is 9.64 Å². The van der Waals surface area contributed by atoms with Crippen molar-refractivity contribution in [1.29, 1.82) is 0 Å². The van der Waals surface area contributed by atoms with Crippen LogP contribution in [0.15, 0.2) is 30.5 Å². The van der Waals surface area contributed by atoms with Crippen molar-refractivity contribution in [3.05, 3.63) is 36.0 Å². The van der Waals surface area contributed by atoms with Gasteiger partial charge in [0.1, 0.15) is 5.69 Å². The second-order valence-electron chi connectivity index (χ2n) is 7.10. The maximum Gasteiger partial charge on any atom is 0.418 e. The van der Waals surface area contributed by atoms with Crippen LogP contribution in [0.4, 0.5) is 13.2 Å². The van der Waals surface area contributed by atoms with Gasteiger partial charge in [0.15, 0.2) is 5.65 Å². The lowest BCUT2D eigenvalue weighted by Gasteiger charge is -2.29. The highest BCUT2D eigenvalue weighted by atomic mass is 19.4. The Kier molecular flexibility index (Phi) is 4.92. The summed E-state index contributed by atoms with van der Waals surface area (Å²) in [6, 6.07) is 5.59. The number of fused-ring (bicyclic) bond motifs is 1. The van der Waals surface area contributed by atoms with E-state index in [0.29, 0.717) is 23.6 Å². The van der Waals surface area contributed by atoms with Crippen LogP contribution in [0.3, 0.4) is 0 Å². The summed E-state index contributed by atoms with van der Waals surface area (Å²) in [5, 5.41) is 7.11. The van der Waals surface area contributed by atoms with E-state index >= 15 is 0 Å². The maximum absolute atomic E-state index is 13.6. The molecule has 4 heterocycles. The predicted octanol–water partition coefficient (Wildman–Crippen LogP) is 4.01. The lowest BCUT2D eigenvalue weighted by Crippen LogP contribution is -2.34. The molecule has 0 saturated carbocycles. The molecule has 3 aromatic rings. The molecule has 0 aliphatic carbocycles. The molecule has 28 heavy (non-hydrogen) atoms. The third kappa shape index (κ3) is 3.80. The fourth-order valence-corrected chi connectivity index (χ4v) is 3.58. The molecule has 3 aromatic heterocycles. The predicted molar refractivity (Wildman–Crippen MR) is 100.0 cm³/mol. The lowest BCUT2D eigenvalue weighted by molar-refractivity contribution is -0.137. The SMILES string of the molecule is CN1CCCC(COc2ccc(C(F)(F)F)c(-c3[nH]nc4ncccc34)n2)C1.[HH]. The van der Waals surface area contributed by atoms with Gasteiger partial charge in [0.25, 0.3) is 0 Å². The van der Waals surface area contributed by atoms with Gasteiger partial charge in [-0.1, -0.05) is 0 Å². The number of piperidine rings is 1. The highest BCUT2D eigenvalue weighted by Crippen LogP contribution is 2.38. The van der Waals surface area contributed by atoms with Crippen molar-refractivity contribution in [1.82, 2.24) is 25.1 Å². The van der Waals surface area contributed by atoms with Gasteiger partial charge in [0.05, 0.1) is 17.9 Å². The number of aromatic amines is 1. The van der Waals surface area contributed by atoms with Crippen LogP contribution in [-0.4, -0.2) is 51.8 Å². The Bertz CT molecular complexity index is 978. The average molecular weight is 393 g/mol. The molecular formula is C19H22F3N5O. The molecular weight excluding hydrogens is 371 g/mol. The van der Waals surface area contributed by atoms with Crippen molar-refractivity contribution in [3.63, 3.8) is 0 Å². The van der Waals surface area contributed by atoms with Crippen LogP contribution in [0, 0.1) is 5.92 Å². The van der Waals surface area contributed by atoms with E-state index in [9.17, 15) is 13.2 Å².